The average molecular weight is 863 g/mol. The van der Waals surface area contributed by atoms with Crippen LogP contribution in [0.15, 0.2) is 206 Å². The first-order valence-electron chi connectivity index (χ1n) is 21.8. The van der Waals surface area contributed by atoms with Crippen molar-refractivity contribution in [1.82, 2.24) is 19.5 Å². The molecular weight excluding hydrogens is 829 g/mol. The zero-order chi connectivity index (χ0) is 42.6. The number of aromatic nitrogens is 4. The second-order valence-electron chi connectivity index (χ2n) is 16.7. The zero-order valence-corrected chi connectivity index (χ0v) is 36.4. The third kappa shape index (κ3) is 5.64. The molecule has 14 rings (SSSR count). The normalized spacial score (nSPS) is 12.0. The zero-order valence-electron chi connectivity index (χ0n) is 34.7. The molecule has 0 N–H and O–H groups in total. The fourth-order valence-electron chi connectivity index (χ4n) is 10.1. The summed E-state index contributed by atoms with van der Waals surface area (Å²) in [4.78, 5) is 16.0. The number of nitrogens with zero attached hydrogens (tertiary/aromatic N) is 4. The van der Waals surface area contributed by atoms with Crippen molar-refractivity contribution >= 4 is 106 Å². The van der Waals surface area contributed by atoms with E-state index in [0.29, 0.717) is 17.5 Å². The van der Waals surface area contributed by atoms with E-state index in [1.54, 1.807) is 11.3 Å². The third-order valence-electron chi connectivity index (χ3n) is 13.0. The molecule has 0 fully saturated rings. The van der Waals surface area contributed by atoms with Gasteiger partial charge in [-0.05, 0) is 82.2 Å². The van der Waals surface area contributed by atoms with Crippen LogP contribution in [0.25, 0.3) is 135 Å². The number of thiophene rings is 2. The van der Waals surface area contributed by atoms with Crippen LogP contribution in [0.3, 0.4) is 0 Å². The SMILES string of the molecule is c1ccc(-c2nc(-c3ccc(-n4c5ccccc5c5cc6ccccc6cc54)c(-c4c5ccccc5cc5sc6ccccc6c45)c3)nc(-c3cccc4sc5ccccc5c34)n2)cc1. The minimum Gasteiger partial charge on any atom is -0.309 e. The molecule has 4 nitrogen and oxygen atoms in total. The summed E-state index contributed by atoms with van der Waals surface area (Å²) in [5.74, 6) is 1.91. The predicted octanol–water partition coefficient (Wildman–Crippen LogP) is 16.7. The lowest BCUT2D eigenvalue weighted by Gasteiger charge is -2.19. The van der Waals surface area contributed by atoms with Crippen LogP contribution >= 0.6 is 22.7 Å². The van der Waals surface area contributed by atoms with E-state index in [-0.39, 0.29) is 0 Å². The van der Waals surface area contributed by atoms with Crippen LogP contribution in [-0.4, -0.2) is 19.5 Å². The van der Waals surface area contributed by atoms with Crippen molar-refractivity contribution in [2.75, 3.05) is 0 Å². The number of para-hydroxylation sites is 1. The summed E-state index contributed by atoms with van der Waals surface area (Å²) in [6.07, 6.45) is 0. The highest BCUT2D eigenvalue weighted by atomic mass is 32.1. The van der Waals surface area contributed by atoms with Crippen molar-refractivity contribution in [3.63, 3.8) is 0 Å². The minimum absolute atomic E-state index is 0.623. The standard InChI is InChI=1S/C59H34N4S2/c1-2-15-35(16-3-1)57-60-58(62-59(61-57)44-24-14-28-52-54(44)42-22-9-12-26-50(42)64-52)39-29-30-48(63-47-25-11-8-21-41(47)45-31-36-17-4-5-18-37(36)33-49(45)63)46(32-39)55-40-20-7-6-19-38(40)34-53-56(55)43-23-10-13-27-51(43)65-53/h1-34H. The van der Waals surface area contributed by atoms with E-state index in [0.717, 1.165) is 39.0 Å². The van der Waals surface area contributed by atoms with Crippen molar-refractivity contribution in [3.8, 4) is 51.0 Å². The van der Waals surface area contributed by atoms with Crippen LogP contribution in [0.4, 0.5) is 0 Å². The van der Waals surface area contributed by atoms with E-state index in [9.17, 15) is 0 Å². The lowest BCUT2D eigenvalue weighted by molar-refractivity contribution is 1.08. The summed E-state index contributed by atoms with van der Waals surface area (Å²) in [5.41, 5.74) is 8.57. The molecule has 0 saturated carbocycles. The Labute approximate surface area is 381 Å². The fourth-order valence-corrected chi connectivity index (χ4v) is 12.4. The average Bonchev–Trinajstić information content (AvgIpc) is 4.04. The number of benzene rings is 10. The first kappa shape index (κ1) is 36.5. The summed E-state index contributed by atoms with van der Waals surface area (Å²) < 4.78 is 7.46. The molecule has 0 aliphatic carbocycles. The third-order valence-corrected chi connectivity index (χ3v) is 15.3. The van der Waals surface area contributed by atoms with Gasteiger partial charge in [-0.15, -0.1) is 22.7 Å². The molecule has 14 aromatic rings. The maximum absolute atomic E-state index is 5.44. The minimum atomic E-state index is 0.623. The molecule has 0 atom stereocenters. The summed E-state index contributed by atoms with van der Waals surface area (Å²) in [6.45, 7) is 0. The Bertz CT molecular complexity index is 4250. The molecule has 10 aromatic carbocycles. The van der Waals surface area contributed by atoms with Gasteiger partial charge in [0.05, 0.1) is 16.7 Å². The lowest BCUT2D eigenvalue weighted by atomic mass is 9.91. The quantitative estimate of drug-likeness (QED) is 0.173. The summed E-state index contributed by atoms with van der Waals surface area (Å²) in [7, 11) is 0. The first-order valence-corrected chi connectivity index (χ1v) is 23.5. The van der Waals surface area contributed by atoms with Gasteiger partial charge < -0.3 is 4.57 Å². The van der Waals surface area contributed by atoms with Crippen LogP contribution in [0.5, 0.6) is 0 Å². The number of rotatable bonds is 5. The van der Waals surface area contributed by atoms with Crippen molar-refractivity contribution in [2.45, 2.75) is 0 Å². The Kier molecular flexibility index (Phi) is 7.99. The molecule has 0 unspecified atom stereocenters. The Morgan fingerprint density at radius 2 is 0.923 bits per heavy atom. The van der Waals surface area contributed by atoms with Gasteiger partial charge in [-0.3, -0.25) is 0 Å². The second-order valence-corrected chi connectivity index (χ2v) is 18.9. The molecule has 0 saturated heterocycles. The molecule has 0 spiro atoms. The van der Waals surface area contributed by atoms with Crippen LogP contribution < -0.4 is 0 Å². The summed E-state index contributed by atoms with van der Waals surface area (Å²) >= 11 is 3.66. The molecular formula is C59H34N4S2. The smallest absolute Gasteiger partial charge is 0.164 e. The second kappa shape index (κ2) is 14.2. The highest BCUT2D eigenvalue weighted by molar-refractivity contribution is 7.26. The molecule has 4 heterocycles. The van der Waals surface area contributed by atoms with E-state index in [1.165, 1.54) is 78.2 Å². The molecule has 0 radical (unpaired) electrons. The predicted molar refractivity (Wildman–Crippen MR) is 277 cm³/mol. The summed E-state index contributed by atoms with van der Waals surface area (Å²) in [6, 6.07) is 74.5. The number of hydrogen-bond acceptors (Lipinski definition) is 5. The van der Waals surface area contributed by atoms with E-state index >= 15 is 0 Å². The Balaban J connectivity index is 1.11. The highest BCUT2D eigenvalue weighted by Gasteiger charge is 2.24. The molecule has 65 heavy (non-hydrogen) atoms. The van der Waals surface area contributed by atoms with Gasteiger partial charge >= 0.3 is 0 Å². The molecule has 0 bridgehead atoms. The number of fused-ring (bicyclic) bond motifs is 11. The van der Waals surface area contributed by atoms with Crippen molar-refractivity contribution in [2.24, 2.45) is 0 Å². The van der Waals surface area contributed by atoms with Gasteiger partial charge in [0.1, 0.15) is 0 Å². The molecule has 4 aromatic heterocycles. The fraction of sp³-hybridized carbons (Fsp3) is 0. The molecule has 6 heteroatoms. The summed E-state index contributed by atoms with van der Waals surface area (Å²) in [5, 5.41) is 12.2. The maximum Gasteiger partial charge on any atom is 0.164 e. The van der Waals surface area contributed by atoms with Crippen LogP contribution in [0.2, 0.25) is 0 Å². The van der Waals surface area contributed by atoms with Crippen molar-refractivity contribution in [3.05, 3.63) is 206 Å². The van der Waals surface area contributed by atoms with Gasteiger partial charge in [0.25, 0.3) is 0 Å². The maximum atomic E-state index is 5.44. The highest BCUT2D eigenvalue weighted by Crippen LogP contribution is 2.48. The van der Waals surface area contributed by atoms with Crippen LogP contribution in [0.1, 0.15) is 0 Å². The van der Waals surface area contributed by atoms with Gasteiger partial charge in [-0.2, -0.15) is 0 Å². The first-order chi connectivity index (χ1) is 32.2. The molecule has 0 amide bonds. The van der Waals surface area contributed by atoms with E-state index < -0.39 is 0 Å². The molecule has 0 aliphatic heterocycles. The Morgan fingerprint density at radius 3 is 1.72 bits per heavy atom. The van der Waals surface area contributed by atoms with Crippen molar-refractivity contribution < 1.29 is 0 Å². The van der Waals surface area contributed by atoms with E-state index in [1.807, 2.05) is 29.5 Å². The van der Waals surface area contributed by atoms with Crippen molar-refractivity contribution in [1.29, 1.82) is 0 Å². The van der Waals surface area contributed by atoms with Gasteiger partial charge in [-0.1, -0.05) is 146 Å². The Morgan fingerprint density at radius 1 is 0.323 bits per heavy atom. The van der Waals surface area contributed by atoms with Gasteiger partial charge in [0.2, 0.25) is 0 Å². The lowest BCUT2D eigenvalue weighted by Crippen LogP contribution is -2.02. The van der Waals surface area contributed by atoms with Gasteiger partial charge in [0, 0.05) is 78.9 Å². The van der Waals surface area contributed by atoms with E-state index in [2.05, 4.69) is 193 Å². The Hall–Kier alpha value is -8.03. The van der Waals surface area contributed by atoms with Gasteiger partial charge in [0.15, 0.2) is 17.5 Å². The largest absolute Gasteiger partial charge is 0.309 e. The van der Waals surface area contributed by atoms with Gasteiger partial charge in [-0.25, -0.2) is 15.0 Å². The molecule has 0 aliphatic rings. The topological polar surface area (TPSA) is 43.6 Å². The monoisotopic (exact) mass is 862 g/mol. The number of hydrogen-bond donors (Lipinski definition) is 0. The molecule has 302 valence electrons. The van der Waals surface area contributed by atoms with Crippen LogP contribution in [-0.2, 0) is 0 Å². The van der Waals surface area contributed by atoms with E-state index in [4.69, 9.17) is 15.0 Å². The van der Waals surface area contributed by atoms with Crippen LogP contribution in [0, 0.1) is 0 Å².